The Morgan fingerprint density at radius 1 is 0.898 bits per heavy atom. The van der Waals surface area contributed by atoms with E-state index in [1.54, 1.807) is 78.9 Å². The SMILES string of the molecule is CCC(Sc1cccc(NC(=O)/C(=C\c2ccc(OC)cc2OC)NC(=O)c2ccccc2)c1)C(=O)NC1=NN(c2ccccc2)C(=O)C1. The van der Waals surface area contributed by atoms with Crippen molar-refractivity contribution < 1.29 is 28.7 Å². The number of anilines is 2. The van der Waals surface area contributed by atoms with Gasteiger partial charge in [0.15, 0.2) is 0 Å². The Morgan fingerprint density at radius 3 is 2.33 bits per heavy atom. The van der Waals surface area contributed by atoms with Crippen LogP contribution >= 0.6 is 11.8 Å². The molecule has 4 amide bonds. The first-order chi connectivity index (χ1) is 23.8. The van der Waals surface area contributed by atoms with Crippen molar-refractivity contribution in [2.75, 3.05) is 24.5 Å². The van der Waals surface area contributed by atoms with Gasteiger partial charge < -0.3 is 25.4 Å². The molecule has 4 aromatic carbocycles. The van der Waals surface area contributed by atoms with Crippen LogP contribution in [0.3, 0.4) is 0 Å². The average molecular weight is 678 g/mol. The smallest absolute Gasteiger partial charge is 0.272 e. The van der Waals surface area contributed by atoms with E-state index < -0.39 is 17.1 Å². The Balaban J connectivity index is 1.31. The summed E-state index contributed by atoms with van der Waals surface area (Å²) in [6.07, 6.45) is 2.01. The van der Waals surface area contributed by atoms with Gasteiger partial charge in [-0.05, 0) is 67.1 Å². The molecule has 12 heteroatoms. The topological polar surface area (TPSA) is 138 Å². The molecule has 11 nitrogen and oxygen atoms in total. The van der Waals surface area contributed by atoms with E-state index in [4.69, 9.17) is 9.47 Å². The number of hydrogen-bond acceptors (Lipinski definition) is 8. The predicted molar refractivity (Wildman–Crippen MR) is 191 cm³/mol. The van der Waals surface area contributed by atoms with Crippen LogP contribution in [0.1, 0.15) is 35.7 Å². The van der Waals surface area contributed by atoms with Gasteiger partial charge in [-0.15, -0.1) is 11.8 Å². The molecule has 0 saturated heterocycles. The summed E-state index contributed by atoms with van der Waals surface area (Å²) < 4.78 is 10.8. The molecule has 0 saturated carbocycles. The minimum absolute atomic E-state index is 0.0116. The summed E-state index contributed by atoms with van der Waals surface area (Å²) in [6, 6.07) is 29.8. The minimum atomic E-state index is -0.569. The van der Waals surface area contributed by atoms with Crippen LogP contribution in [0.15, 0.2) is 119 Å². The van der Waals surface area contributed by atoms with Gasteiger partial charge in [0.2, 0.25) is 5.91 Å². The van der Waals surface area contributed by atoms with Crippen LogP contribution in [0.4, 0.5) is 11.4 Å². The van der Waals surface area contributed by atoms with Crippen molar-refractivity contribution in [1.29, 1.82) is 0 Å². The molecule has 0 bridgehead atoms. The molecule has 1 heterocycles. The van der Waals surface area contributed by atoms with Gasteiger partial charge in [0.1, 0.15) is 23.0 Å². The molecule has 5 rings (SSSR count). The van der Waals surface area contributed by atoms with Crippen molar-refractivity contribution in [3.63, 3.8) is 0 Å². The van der Waals surface area contributed by atoms with Crippen molar-refractivity contribution in [1.82, 2.24) is 10.6 Å². The van der Waals surface area contributed by atoms with Crippen molar-refractivity contribution in [2.24, 2.45) is 5.10 Å². The van der Waals surface area contributed by atoms with E-state index in [-0.39, 0.29) is 29.8 Å². The minimum Gasteiger partial charge on any atom is -0.497 e. The average Bonchev–Trinajstić information content (AvgIpc) is 3.50. The zero-order chi connectivity index (χ0) is 34.8. The van der Waals surface area contributed by atoms with Crippen LogP contribution < -0.4 is 30.4 Å². The Hall–Kier alpha value is -5.88. The lowest BCUT2D eigenvalue weighted by atomic mass is 10.1. The van der Waals surface area contributed by atoms with Gasteiger partial charge >= 0.3 is 0 Å². The molecule has 0 aromatic heterocycles. The molecule has 1 aliphatic rings. The summed E-state index contributed by atoms with van der Waals surface area (Å²) in [5, 5.41) is 13.5. The molecule has 3 N–H and O–H groups in total. The molecule has 0 spiro atoms. The van der Waals surface area contributed by atoms with Crippen LogP contribution in [-0.2, 0) is 14.4 Å². The Labute approximate surface area is 288 Å². The summed E-state index contributed by atoms with van der Waals surface area (Å²) in [6.45, 7) is 1.89. The van der Waals surface area contributed by atoms with Crippen molar-refractivity contribution >= 4 is 58.7 Å². The van der Waals surface area contributed by atoms with E-state index in [0.29, 0.717) is 40.4 Å². The summed E-state index contributed by atoms with van der Waals surface area (Å²) in [5.74, 6) is -0.251. The molecule has 1 atom stereocenters. The summed E-state index contributed by atoms with van der Waals surface area (Å²) in [4.78, 5) is 53.3. The zero-order valence-electron chi connectivity index (χ0n) is 27.1. The van der Waals surface area contributed by atoms with Crippen LogP contribution in [0, 0.1) is 0 Å². The first-order valence-electron chi connectivity index (χ1n) is 15.4. The fourth-order valence-electron chi connectivity index (χ4n) is 4.86. The van der Waals surface area contributed by atoms with E-state index in [2.05, 4.69) is 21.1 Å². The Kier molecular flexibility index (Phi) is 11.5. The van der Waals surface area contributed by atoms with Crippen molar-refractivity contribution in [2.45, 2.75) is 29.9 Å². The fourth-order valence-corrected chi connectivity index (χ4v) is 5.87. The first kappa shape index (κ1) is 34.5. The van der Waals surface area contributed by atoms with Crippen molar-refractivity contribution in [3.05, 3.63) is 120 Å². The molecular formula is C37H35N5O6S. The number of nitrogens with zero attached hydrogens (tertiary/aromatic N) is 2. The molecule has 4 aromatic rings. The lowest BCUT2D eigenvalue weighted by Crippen LogP contribution is -2.36. The number of benzene rings is 4. The van der Waals surface area contributed by atoms with E-state index in [0.717, 1.165) is 4.90 Å². The lowest BCUT2D eigenvalue weighted by Gasteiger charge is -2.16. The maximum Gasteiger partial charge on any atom is 0.272 e. The number of nitrogens with one attached hydrogen (secondary N) is 3. The lowest BCUT2D eigenvalue weighted by molar-refractivity contribution is -0.119. The normalized spacial score (nSPS) is 13.3. The third-order valence-corrected chi connectivity index (χ3v) is 8.70. The second-order valence-electron chi connectivity index (χ2n) is 10.7. The number of para-hydroxylation sites is 1. The number of rotatable bonds is 12. The molecule has 250 valence electrons. The number of carbonyl (C=O) groups is 4. The molecule has 0 aliphatic carbocycles. The fraction of sp³-hybridized carbons (Fsp3) is 0.162. The first-order valence-corrected chi connectivity index (χ1v) is 16.3. The van der Waals surface area contributed by atoms with Crippen LogP contribution in [0.25, 0.3) is 6.08 Å². The number of amidine groups is 1. The molecule has 1 unspecified atom stereocenters. The monoisotopic (exact) mass is 677 g/mol. The number of hydrogen-bond donors (Lipinski definition) is 3. The molecule has 1 aliphatic heterocycles. The molecule has 49 heavy (non-hydrogen) atoms. The quantitative estimate of drug-likeness (QED) is 0.126. The third kappa shape index (κ3) is 8.93. The highest BCUT2D eigenvalue weighted by Crippen LogP contribution is 2.29. The van der Waals surface area contributed by atoms with Gasteiger partial charge in [-0.2, -0.15) is 10.1 Å². The zero-order valence-corrected chi connectivity index (χ0v) is 28.0. The summed E-state index contributed by atoms with van der Waals surface area (Å²) in [7, 11) is 3.04. The second-order valence-corrected chi connectivity index (χ2v) is 12.0. The Morgan fingerprint density at radius 2 is 1.63 bits per heavy atom. The highest BCUT2D eigenvalue weighted by atomic mass is 32.2. The highest BCUT2D eigenvalue weighted by Gasteiger charge is 2.28. The van der Waals surface area contributed by atoms with Crippen molar-refractivity contribution in [3.8, 4) is 11.5 Å². The summed E-state index contributed by atoms with van der Waals surface area (Å²) >= 11 is 1.32. The Bertz CT molecular complexity index is 1900. The number of carbonyl (C=O) groups excluding carboxylic acids is 4. The van der Waals surface area contributed by atoms with Gasteiger partial charge in [0.25, 0.3) is 17.7 Å². The van der Waals surface area contributed by atoms with Gasteiger partial charge in [0, 0.05) is 27.8 Å². The number of amides is 4. The standard InChI is InChI=1S/C37H35N5O6S/c1-4-32(37(46)40-33-23-34(43)42(41-33)27-15-9-6-10-16-27)49-29-17-11-14-26(21-29)38-36(45)30(39-35(44)24-12-7-5-8-13-24)20-25-18-19-28(47-2)22-31(25)48-3/h5-22,32H,4,23H2,1-3H3,(H,38,45)(H,39,44)(H,40,41,46)/b30-20+. The maximum absolute atomic E-state index is 13.7. The van der Waals surface area contributed by atoms with Crippen LogP contribution in [0.5, 0.6) is 11.5 Å². The van der Waals surface area contributed by atoms with Gasteiger partial charge in [-0.1, -0.05) is 49.4 Å². The van der Waals surface area contributed by atoms with Gasteiger partial charge in [0.05, 0.1) is 31.6 Å². The molecule has 0 fully saturated rings. The second kappa shape index (κ2) is 16.3. The van der Waals surface area contributed by atoms with Gasteiger partial charge in [-0.3, -0.25) is 19.2 Å². The largest absolute Gasteiger partial charge is 0.497 e. The number of ether oxygens (including phenoxy) is 2. The molecular weight excluding hydrogens is 643 g/mol. The highest BCUT2D eigenvalue weighted by molar-refractivity contribution is 8.00. The van der Waals surface area contributed by atoms with Crippen LogP contribution in [-0.4, -0.2) is 48.9 Å². The third-order valence-electron chi connectivity index (χ3n) is 7.35. The summed E-state index contributed by atoms with van der Waals surface area (Å²) in [5.41, 5.74) is 1.99. The number of thioether (sulfide) groups is 1. The maximum atomic E-state index is 13.7. The number of methoxy groups -OCH3 is 2. The van der Waals surface area contributed by atoms with E-state index >= 15 is 0 Å². The van der Waals surface area contributed by atoms with E-state index in [1.807, 2.05) is 31.2 Å². The predicted octanol–water partition coefficient (Wildman–Crippen LogP) is 5.85. The van der Waals surface area contributed by atoms with Crippen LogP contribution in [0.2, 0.25) is 0 Å². The van der Waals surface area contributed by atoms with E-state index in [9.17, 15) is 19.2 Å². The van der Waals surface area contributed by atoms with E-state index in [1.165, 1.54) is 37.1 Å². The molecule has 0 radical (unpaired) electrons. The number of hydrazone groups is 1. The van der Waals surface area contributed by atoms with Gasteiger partial charge in [-0.25, -0.2) is 0 Å².